The second-order valence-corrected chi connectivity index (χ2v) is 3.50. The lowest BCUT2D eigenvalue weighted by molar-refractivity contribution is -0.357. The molecule has 0 bridgehead atoms. The van der Waals surface area contributed by atoms with Gasteiger partial charge in [-0.05, 0) is 32.5 Å². The summed E-state index contributed by atoms with van der Waals surface area (Å²) in [5, 5.41) is 2.93. The quantitative estimate of drug-likeness (QED) is 0.707. The monoisotopic (exact) mass is 239 g/mol. The van der Waals surface area contributed by atoms with Crippen molar-refractivity contribution in [1.29, 1.82) is 0 Å². The van der Waals surface area contributed by atoms with Crippen LogP contribution in [0.25, 0.3) is 0 Å². The van der Waals surface area contributed by atoms with E-state index in [2.05, 4.69) is 5.32 Å². The summed E-state index contributed by atoms with van der Waals surface area (Å²) in [7, 11) is 1.74. The Kier molecular flexibility index (Phi) is 5.97. The number of hydrogen-bond donors (Lipinski definition) is 1. The Morgan fingerprint density at radius 1 is 1.12 bits per heavy atom. The van der Waals surface area contributed by atoms with Gasteiger partial charge in [-0.1, -0.05) is 25.1 Å². The van der Waals surface area contributed by atoms with Crippen LogP contribution in [0.2, 0.25) is 0 Å². The minimum absolute atomic E-state index is 0.497. The zero-order chi connectivity index (χ0) is 12.6. The first-order valence-corrected chi connectivity index (χ1v) is 5.97. The fourth-order valence-electron chi connectivity index (χ4n) is 1.37. The molecule has 4 heteroatoms. The minimum atomic E-state index is -1.20. The first-order valence-electron chi connectivity index (χ1n) is 5.97. The number of hydrogen-bond acceptors (Lipinski definition) is 4. The molecule has 96 valence electrons. The van der Waals surface area contributed by atoms with Crippen molar-refractivity contribution in [2.75, 3.05) is 20.3 Å². The van der Waals surface area contributed by atoms with Crippen molar-refractivity contribution in [3.63, 3.8) is 0 Å². The molecule has 1 aromatic carbocycles. The van der Waals surface area contributed by atoms with E-state index in [1.165, 1.54) is 0 Å². The Morgan fingerprint density at radius 2 is 1.82 bits per heavy atom. The van der Waals surface area contributed by atoms with Crippen LogP contribution in [0.3, 0.4) is 0 Å². The van der Waals surface area contributed by atoms with Gasteiger partial charge in [0.2, 0.25) is 0 Å². The summed E-state index contributed by atoms with van der Waals surface area (Å²) in [6, 6.07) is 9.46. The van der Waals surface area contributed by atoms with Gasteiger partial charge in [-0.3, -0.25) is 0 Å². The zero-order valence-corrected chi connectivity index (χ0v) is 10.7. The Hall–Kier alpha value is -1.10. The Labute approximate surface area is 103 Å². The summed E-state index contributed by atoms with van der Waals surface area (Å²) in [5.41, 5.74) is 0. The van der Waals surface area contributed by atoms with Gasteiger partial charge in [0, 0.05) is 0 Å². The Morgan fingerprint density at radius 3 is 2.35 bits per heavy atom. The van der Waals surface area contributed by atoms with Gasteiger partial charge in [-0.2, -0.15) is 0 Å². The topological polar surface area (TPSA) is 39.7 Å². The zero-order valence-electron chi connectivity index (χ0n) is 10.7. The molecule has 0 aromatic heterocycles. The van der Waals surface area contributed by atoms with E-state index in [1.54, 1.807) is 7.05 Å². The van der Waals surface area contributed by atoms with Gasteiger partial charge in [-0.25, -0.2) is 5.32 Å². The molecule has 0 aliphatic heterocycles. The van der Waals surface area contributed by atoms with Crippen LogP contribution in [0.15, 0.2) is 30.3 Å². The maximum atomic E-state index is 5.74. The standard InChI is InChI=1S/C13H21NO3/c1-4-11-16-13(14-3,15-5-2)17-12-9-7-6-8-10-12/h6-10,14H,4-5,11H2,1-3H3. The number of rotatable bonds is 8. The molecule has 0 saturated heterocycles. The van der Waals surface area contributed by atoms with Crippen LogP contribution in [0, 0.1) is 0 Å². The van der Waals surface area contributed by atoms with Crippen LogP contribution < -0.4 is 10.1 Å². The molecular weight excluding hydrogens is 218 g/mol. The molecule has 0 saturated carbocycles. The Bertz CT molecular complexity index is 305. The van der Waals surface area contributed by atoms with Crippen LogP contribution in [0.1, 0.15) is 20.3 Å². The lowest BCUT2D eigenvalue weighted by Crippen LogP contribution is -2.53. The molecule has 1 atom stereocenters. The van der Waals surface area contributed by atoms with E-state index >= 15 is 0 Å². The fraction of sp³-hybridized carbons (Fsp3) is 0.538. The van der Waals surface area contributed by atoms with Crippen LogP contribution in [-0.4, -0.2) is 26.4 Å². The van der Waals surface area contributed by atoms with Crippen LogP contribution in [-0.2, 0) is 9.47 Å². The van der Waals surface area contributed by atoms with Crippen molar-refractivity contribution < 1.29 is 14.2 Å². The molecule has 0 heterocycles. The predicted molar refractivity (Wildman–Crippen MR) is 66.7 cm³/mol. The average molecular weight is 239 g/mol. The maximum absolute atomic E-state index is 5.74. The van der Waals surface area contributed by atoms with E-state index in [4.69, 9.17) is 14.2 Å². The van der Waals surface area contributed by atoms with Crippen molar-refractivity contribution in [1.82, 2.24) is 5.32 Å². The molecule has 0 spiro atoms. The van der Waals surface area contributed by atoms with E-state index in [-0.39, 0.29) is 0 Å². The second-order valence-electron chi connectivity index (χ2n) is 3.50. The summed E-state index contributed by atoms with van der Waals surface area (Å²) in [4.78, 5) is 0. The highest BCUT2D eigenvalue weighted by molar-refractivity contribution is 5.21. The van der Waals surface area contributed by atoms with Crippen LogP contribution in [0.4, 0.5) is 0 Å². The normalized spacial score (nSPS) is 14.3. The van der Waals surface area contributed by atoms with Crippen molar-refractivity contribution in [3.8, 4) is 5.75 Å². The molecule has 0 amide bonds. The molecule has 1 unspecified atom stereocenters. The highest BCUT2D eigenvalue weighted by atomic mass is 16.9. The molecule has 1 N–H and O–H groups in total. The smallest absolute Gasteiger partial charge is 0.396 e. The number of ether oxygens (including phenoxy) is 3. The summed E-state index contributed by atoms with van der Waals surface area (Å²) in [6.45, 7) is 5.00. The molecule has 0 fully saturated rings. The third kappa shape index (κ3) is 4.34. The highest BCUT2D eigenvalue weighted by Crippen LogP contribution is 2.18. The van der Waals surface area contributed by atoms with Gasteiger partial charge in [-0.15, -0.1) is 0 Å². The third-order valence-corrected chi connectivity index (χ3v) is 2.13. The second kappa shape index (κ2) is 7.27. The first kappa shape index (κ1) is 14.0. The summed E-state index contributed by atoms with van der Waals surface area (Å²) >= 11 is 0. The van der Waals surface area contributed by atoms with Gasteiger partial charge in [0.1, 0.15) is 5.75 Å². The van der Waals surface area contributed by atoms with Crippen molar-refractivity contribution in [3.05, 3.63) is 30.3 Å². The van der Waals surface area contributed by atoms with Gasteiger partial charge in [0.15, 0.2) is 0 Å². The van der Waals surface area contributed by atoms with E-state index in [0.717, 1.165) is 6.42 Å². The van der Waals surface area contributed by atoms with E-state index in [0.29, 0.717) is 19.0 Å². The lowest BCUT2D eigenvalue weighted by atomic mass is 10.3. The van der Waals surface area contributed by atoms with E-state index in [1.807, 2.05) is 44.2 Å². The molecule has 0 aliphatic carbocycles. The highest BCUT2D eigenvalue weighted by Gasteiger charge is 2.32. The average Bonchev–Trinajstić information content (AvgIpc) is 2.37. The largest absolute Gasteiger partial charge is 0.427 e. The molecular formula is C13H21NO3. The number of para-hydroxylation sites is 1. The minimum Gasteiger partial charge on any atom is -0.427 e. The lowest BCUT2D eigenvalue weighted by Gasteiger charge is -2.32. The van der Waals surface area contributed by atoms with Crippen molar-refractivity contribution in [2.24, 2.45) is 0 Å². The molecule has 1 rings (SSSR count). The van der Waals surface area contributed by atoms with Crippen LogP contribution in [0.5, 0.6) is 5.75 Å². The number of benzene rings is 1. The molecule has 1 aromatic rings. The number of nitrogens with one attached hydrogen (secondary N) is 1. The van der Waals surface area contributed by atoms with Crippen molar-refractivity contribution >= 4 is 0 Å². The molecule has 17 heavy (non-hydrogen) atoms. The Balaban J connectivity index is 2.74. The summed E-state index contributed by atoms with van der Waals surface area (Å²) in [5.74, 6) is 0.700. The fourth-order valence-corrected chi connectivity index (χ4v) is 1.37. The first-order chi connectivity index (χ1) is 8.26. The van der Waals surface area contributed by atoms with Gasteiger partial charge in [0.25, 0.3) is 0 Å². The SMILES string of the molecule is CCCOC(NC)(OCC)Oc1ccccc1. The molecule has 0 aliphatic rings. The molecule has 4 nitrogen and oxygen atoms in total. The van der Waals surface area contributed by atoms with E-state index < -0.39 is 6.10 Å². The van der Waals surface area contributed by atoms with Gasteiger partial charge >= 0.3 is 6.10 Å². The van der Waals surface area contributed by atoms with Crippen molar-refractivity contribution in [2.45, 2.75) is 26.4 Å². The van der Waals surface area contributed by atoms with Gasteiger partial charge in [0.05, 0.1) is 13.2 Å². The van der Waals surface area contributed by atoms with Crippen LogP contribution >= 0.6 is 0 Å². The predicted octanol–water partition coefficient (Wildman–Crippen LogP) is 2.36. The van der Waals surface area contributed by atoms with Gasteiger partial charge < -0.3 is 14.2 Å². The van der Waals surface area contributed by atoms with E-state index in [9.17, 15) is 0 Å². The maximum Gasteiger partial charge on any atom is 0.396 e. The molecule has 0 radical (unpaired) electrons. The third-order valence-electron chi connectivity index (χ3n) is 2.13. The summed E-state index contributed by atoms with van der Waals surface area (Å²) in [6.07, 6.45) is -0.305. The summed E-state index contributed by atoms with van der Waals surface area (Å²) < 4.78 is 16.9.